The second kappa shape index (κ2) is 8.30. The van der Waals surface area contributed by atoms with Gasteiger partial charge in [-0.1, -0.05) is 6.92 Å². The van der Waals surface area contributed by atoms with E-state index in [0.717, 1.165) is 6.42 Å². The fraction of sp³-hybridized carbons (Fsp3) is 0.733. The van der Waals surface area contributed by atoms with Crippen LogP contribution in [0.4, 0.5) is 0 Å². The van der Waals surface area contributed by atoms with E-state index in [1.807, 2.05) is 23.1 Å². The smallest absolute Gasteiger partial charge is 0.0593 e. The first-order valence-electron chi connectivity index (χ1n) is 7.04. The number of rotatable bonds is 8. The second-order valence-electron chi connectivity index (χ2n) is 5.26. The molecule has 0 saturated heterocycles. The van der Waals surface area contributed by atoms with E-state index in [9.17, 15) is 0 Å². The molecule has 0 aliphatic rings. The largest absolute Gasteiger partial charge is 0.326 e. The van der Waals surface area contributed by atoms with Crippen molar-refractivity contribution in [2.24, 2.45) is 5.73 Å². The Hall–Kier alpha value is -0.0300. The minimum Gasteiger partial charge on any atom is -0.326 e. The molecule has 0 amide bonds. The lowest BCUT2D eigenvalue weighted by Crippen LogP contribution is -2.42. The summed E-state index contributed by atoms with van der Waals surface area (Å²) in [4.78, 5) is 5.24. The van der Waals surface area contributed by atoms with Crippen molar-refractivity contribution in [2.75, 3.05) is 19.1 Å². The number of nitrogens with two attached hydrogens (primary N) is 1. The third-order valence-corrected chi connectivity index (χ3v) is 5.52. The van der Waals surface area contributed by atoms with Gasteiger partial charge in [-0.3, -0.25) is 4.90 Å². The van der Waals surface area contributed by atoms with E-state index in [0.29, 0.717) is 12.1 Å². The lowest BCUT2D eigenvalue weighted by Gasteiger charge is -2.36. The van der Waals surface area contributed by atoms with Crippen molar-refractivity contribution in [1.82, 2.24) is 4.90 Å². The summed E-state index contributed by atoms with van der Waals surface area (Å²) in [6.07, 6.45) is 4.40. The van der Waals surface area contributed by atoms with Gasteiger partial charge >= 0.3 is 0 Å². The summed E-state index contributed by atoms with van der Waals surface area (Å²) >= 11 is 3.80. The quantitative estimate of drug-likeness (QED) is 0.789. The molecule has 2 N–H and O–H groups in total. The number of nitrogens with zero attached hydrogens (tertiary/aromatic N) is 1. The van der Waals surface area contributed by atoms with E-state index in [2.05, 4.69) is 51.1 Å². The summed E-state index contributed by atoms with van der Waals surface area (Å²) < 4.78 is 0. The van der Waals surface area contributed by atoms with Crippen LogP contribution in [0, 0.1) is 6.92 Å². The number of likely N-dealkylation sites (N-methyl/N-ethyl adjacent to an activating group) is 1. The van der Waals surface area contributed by atoms with Gasteiger partial charge in [0.2, 0.25) is 0 Å². The van der Waals surface area contributed by atoms with Crippen LogP contribution in [-0.2, 0) is 0 Å². The van der Waals surface area contributed by atoms with Gasteiger partial charge in [0, 0.05) is 21.8 Å². The zero-order valence-electron chi connectivity index (χ0n) is 12.8. The molecule has 1 aromatic heterocycles. The molecule has 0 fully saturated rings. The van der Waals surface area contributed by atoms with Crippen LogP contribution in [0.3, 0.4) is 0 Å². The van der Waals surface area contributed by atoms with Gasteiger partial charge in [-0.25, -0.2) is 0 Å². The maximum absolute atomic E-state index is 6.39. The first-order valence-corrected chi connectivity index (χ1v) is 9.25. The molecule has 1 aromatic rings. The predicted molar refractivity (Wildman–Crippen MR) is 90.3 cm³/mol. The maximum Gasteiger partial charge on any atom is 0.0593 e. The van der Waals surface area contributed by atoms with Gasteiger partial charge in [0.15, 0.2) is 0 Å². The summed E-state index contributed by atoms with van der Waals surface area (Å²) in [5.74, 6) is 1.21. The standard InChI is InChI=1S/C15H28N2S2/c1-6-13(16)15(14-8-7-12(3)19-14)17(4)11(2)9-10-18-5/h7-8,11,13,15H,6,9-10,16H2,1-5H3. The Morgan fingerprint density at radius 1 is 1.42 bits per heavy atom. The summed E-state index contributed by atoms with van der Waals surface area (Å²) in [6.45, 7) is 6.66. The van der Waals surface area contributed by atoms with E-state index in [-0.39, 0.29) is 6.04 Å². The summed E-state index contributed by atoms with van der Waals surface area (Å²) in [7, 11) is 2.22. The summed E-state index contributed by atoms with van der Waals surface area (Å²) in [5, 5.41) is 0. The molecule has 0 aromatic carbocycles. The molecular formula is C15H28N2S2. The number of thioether (sulfide) groups is 1. The van der Waals surface area contributed by atoms with E-state index in [4.69, 9.17) is 5.73 Å². The average molecular weight is 301 g/mol. The first-order chi connectivity index (χ1) is 9.01. The number of thiophene rings is 1. The normalized spacial score (nSPS) is 16.6. The van der Waals surface area contributed by atoms with Crippen molar-refractivity contribution in [3.8, 4) is 0 Å². The molecule has 0 aliphatic carbocycles. The van der Waals surface area contributed by atoms with Crippen LogP contribution in [0.25, 0.3) is 0 Å². The SMILES string of the molecule is CCC(N)C(c1ccc(C)s1)N(C)C(C)CCSC. The van der Waals surface area contributed by atoms with Crippen LogP contribution >= 0.6 is 23.1 Å². The molecule has 0 radical (unpaired) electrons. The molecule has 3 unspecified atom stereocenters. The highest BCUT2D eigenvalue weighted by Gasteiger charge is 2.27. The Morgan fingerprint density at radius 2 is 2.11 bits per heavy atom. The lowest BCUT2D eigenvalue weighted by molar-refractivity contribution is 0.158. The fourth-order valence-electron chi connectivity index (χ4n) is 2.32. The molecule has 4 heteroatoms. The predicted octanol–water partition coefficient (Wildman–Crippen LogP) is 3.91. The van der Waals surface area contributed by atoms with Crippen molar-refractivity contribution >= 4 is 23.1 Å². The molecule has 3 atom stereocenters. The zero-order chi connectivity index (χ0) is 14.4. The van der Waals surface area contributed by atoms with Gasteiger partial charge in [0.05, 0.1) is 6.04 Å². The van der Waals surface area contributed by atoms with Gasteiger partial charge in [-0.05, 0) is 57.9 Å². The highest BCUT2D eigenvalue weighted by molar-refractivity contribution is 7.98. The van der Waals surface area contributed by atoms with Crippen molar-refractivity contribution in [3.05, 3.63) is 21.9 Å². The van der Waals surface area contributed by atoms with E-state index in [1.165, 1.54) is 21.9 Å². The monoisotopic (exact) mass is 300 g/mol. The van der Waals surface area contributed by atoms with Gasteiger partial charge in [0.1, 0.15) is 0 Å². The maximum atomic E-state index is 6.39. The number of aryl methyl sites for hydroxylation is 1. The first kappa shape index (κ1) is 17.0. The molecule has 19 heavy (non-hydrogen) atoms. The van der Waals surface area contributed by atoms with Crippen molar-refractivity contribution in [1.29, 1.82) is 0 Å². The molecule has 0 bridgehead atoms. The minimum atomic E-state index is 0.208. The second-order valence-corrected chi connectivity index (χ2v) is 7.57. The van der Waals surface area contributed by atoms with E-state index < -0.39 is 0 Å². The molecule has 0 spiro atoms. The minimum absolute atomic E-state index is 0.208. The molecule has 1 heterocycles. The number of hydrogen-bond donors (Lipinski definition) is 1. The third-order valence-electron chi connectivity index (χ3n) is 3.80. The summed E-state index contributed by atoms with van der Waals surface area (Å²) in [5.41, 5.74) is 6.39. The lowest BCUT2D eigenvalue weighted by atomic mass is 10.0. The van der Waals surface area contributed by atoms with Gasteiger partial charge in [-0.2, -0.15) is 11.8 Å². The van der Waals surface area contributed by atoms with E-state index >= 15 is 0 Å². The Kier molecular flexibility index (Phi) is 7.44. The van der Waals surface area contributed by atoms with Crippen LogP contribution in [0.2, 0.25) is 0 Å². The van der Waals surface area contributed by atoms with Crippen LogP contribution < -0.4 is 5.73 Å². The Morgan fingerprint density at radius 3 is 2.58 bits per heavy atom. The molecule has 2 nitrogen and oxygen atoms in total. The Balaban J connectivity index is 2.84. The molecule has 0 aliphatic heterocycles. The fourth-order valence-corrected chi connectivity index (χ4v) is 4.00. The van der Waals surface area contributed by atoms with Crippen LogP contribution in [0.1, 0.15) is 42.5 Å². The number of hydrogen-bond acceptors (Lipinski definition) is 4. The Labute approximate surface area is 126 Å². The topological polar surface area (TPSA) is 29.3 Å². The van der Waals surface area contributed by atoms with Crippen molar-refractivity contribution in [2.45, 2.75) is 51.7 Å². The highest BCUT2D eigenvalue weighted by Crippen LogP contribution is 2.31. The van der Waals surface area contributed by atoms with Crippen LogP contribution in [0.5, 0.6) is 0 Å². The Bertz CT molecular complexity index is 365. The third kappa shape index (κ3) is 4.78. The van der Waals surface area contributed by atoms with Crippen molar-refractivity contribution < 1.29 is 0 Å². The summed E-state index contributed by atoms with van der Waals surface area (Å²) in [6, 6.07) is 5.58. The van der Waals surface area contributed by atoms with Crippen LogP contribution in [0.15, 0.2) is 12.1 Å². The average Bonchev–Trinajstić information content (AvgIpc) is 2.82. The molecular weight excluding hydrogens is 272 g/mol. The van der Waals surface area contributed by atoms with Crippen molar-refractivity contribution in [3.63, 3.8) is 0 Å². The van der Waals surface area contributed by atoms with Gasteiger partial charge in [0.25, 0.3) is 0 Å². The van der Waals surface area contributed by atoms with Gasteiger partial charge in [-0.15, -0.1) is 11.3 Å². The molecule has 0 saturated carbocycles. The molecule has 110 valence electrons. The van der Waals surface area contributed by atoms with Gasteiger partial charge < -0.3 is 5.73 Å². The van der Waals surface area contributed by atoms with Crippen LogP contribution in [-0.4, -0.2) is 36.0 Å². The van der Waals surface area contributed by atoms with E-state index in [1.54, 1.807) is 0 Å². The molecule has 1 rings (SSSR count). The zero-order valence-corrected chi connectivity index (χ0v) is 14.5. The highest BCUT2D eigenvalue weighted by atomic mass is 32.2.